The number of aromatic nitrogens is 4. The van der Waals surface area contributed by atoms with Gasteiger partial charge in [-0.3, -0.25) is 4.79 Å². The predicted octanol–water partition coefficient (Wildman–Crippen LogP) is 3.58. The normalized spacial score (nSPS) is 11.0. The summed E-state index contributed by atoms with van der Waals surface area (Å²) in [5, 5.41) is 15.4. The molecule has 0 radical (unpaired) electrons. The summed E-state index contributed by atoms with van der Waals surface area (Å²) in [5.74, 6) is -0.0653. The minimum absolute atomic E-state index is 0.162. The number of fused-ring (bicyclic) bond motifs is 1. The van der Waals surface area contributed by atoms with Gasteiger partial charge in [0.1, 0.15) is 5.82 Å². The Morgan fingerprint density at radius 3 is 2.65 bits per heavy atom. The van der Waals surface area contributed by atoms with E-state index < -0.39 is 0 Å². The SMILES string of the molecule is O=C(NCc1nnc2ccc(-c3ccc(F)cc3)nn12)c1ccc(Cl)s1. The Labute approximate surface area is 156 Å². The van der Waals surface area contributed by atoms with E-state index in [9.17, 15) is 9.18 Å². The van der Waals surface area contributed by atoms with Crippen molar-refractivity contribution in [3.8, 4) is 11.3 Å². The first-order valence-electron chi connectivity index (χ1n) is 7.61. The van der Waals surface area contributed by atoms with Gasteiger partial charge >= 0.3 is 0 Å². The number of carbonyl (C=O) groups excluding carboxylic acids is 1. The van der Waals surface area contributed by atoms with Crippen molar-refractivity contribution in [1.29, 1.82) is 0 Å². The number of benzene rings is 1. The van der Waals surface area contributed by atoms with Gasteiger partial charge < -0.3 is 5.32 Å². The van der Waals surface area contributed by atoms with E-state index in [1.807, 2.05) is 0 Å². The van der Waals surface area contributed by atoms with Crippen molar-refractivity contribution in [2.75, 3.05) is 0 Å². The van der Waals surface area contributed by atoms with Crippen LogP contribution in [0.4, 0.5) is 4.39 Å². The summed E-state index contributed by atoms with van der Waals surface area (Å²) in [4.78, 5) is 12.7. The van der Waals surface area contributed by atoms with Crippen molar-refractivity contribution < 1.29 is 9.18 Å². The van der Waals surface area contributed by atoms with Crippen molar-refractivity contribution in [1.82, 2.24) is 25.1 Å². The number of nitrogens with one attached hydrogen (secondary N) is 1. The molecule has 4 rings (SSSR count). The zero-order chi connectivity index (χ0) is 18.1. The van der Waals surface area contributed by atoms with Gasteiger partial charge in [-0.2, -0.15) is 9.61 Å². The summed E-state index contributed by atoms with van der Waals surface area (Å²) in [5.41, 5.74) is 1.97. The zero-order valence-electron chi connectivity index (χ0n) is 13.2. The molecule has 0 bridgehead atoms. The van der Waals surface area contributed by atoms with Crippen LogP contribution in [-0.4, -0.2) is 25.7 Å². The van der Waals surface area contributed by atoms with E-state index in [-0.39, 0.29) is 18.3 Å². The predicted molar refractivity (Wildman–Crippen MR) is 96.7 cm³/mol. The average molecular weight is 388 g/mol. The van der Waals surface area contributed by atoms with Crippen LogP contribution in [0.3, 0.4) is 0 Å². The molecule has 4 aromatic rings. The molecule has 3 heterocycles. The Hall–Kier alpha value is -2.84. The van der Waals surface area contributed by atoms with Crippen LogP contribution in [0.5, 0.6) is 0 Å². The molecule has 3 aromatic heterocycles. The zero-order valence-corrected chi connectivity index (χ0v) is 14.8. The van der Waals surface area contributed by atoms with E-state index in [0.717, 1.165) is 5.56 Å². The van der Waals surface area contributed by atoms with Crippen LogP contribution in [0.25, 0.3) is 16.9 Å². The molecular formula is C17H11ClFN5OS. The number of thiophene rings is 1. The van der Waals surface area contributed by atoms with Gasteiger partial charge in [0.25, 0.3) is 5.91 Å². The minimum atomic E-state index is -0.309. The van der Waals surface area contributed by atoms with Gasteiger partial charge in [0.2, 0.25) is 0 Å². The fourth-order valence-corrected chi connectivity index (χ4v) is 3.36. The molecule has 0 aliphatic heterocycles. The second kappa shape index (κ2) is 6.81. The molecule has 0 unspecified atom stereocenters. The Kier molecular flexibility index (Phi) is 4.36. The van der Waals surface area contributed by atoms with E-state index in [0.29, 0.717) is 26.4 Å². The third-order valence-electron chi connectivity index (χ3n) is 3.67. The molecule has 9 heteroatoms. The summed E-state index contributed by atoms with van der Waals surface area (Å²) in [6.45, 7) is 0.162. The molecule has 1 amide bonds. The lowest BCUT2D eigenvalue weighted by Crippen LogP contribution is -2.23. The van der Waals surface area contributed by atoms with E-state index in [4.69, 9.17) is 11.6 Å². The highest BCUT2D eigenvalue weighted by Crippen LogP contribution is 2.21. The van der Waals surface area contributed by atoms with Crippen molar-refractivity contribution >= 4 is 34.5 Å². The highest BCUT2D eigenvalue weighted by molar-refractivity contribution is 7.17. The summed E-state index contributed by atoms with van der Waals surface area (Å²) in [7, 11) is 0. The van der Waals surface area contributed by atoms with Gasteiger partial charge in [-0.15, -0.1) is 21.5 Å². The molecule has 130 valence electrons. The second-order valence-electron chi connectivity index (χ2n) is 5.40. The number of amides is 1. The van der Waals surface area contributed by atoms with Crippen LogP contribution in [0.2, 0.25) is 4.34 Å². The van der Waals surface area contributed by atoms with Gasteiger partial charge in [0.05, 0.1) is 21.5 Å². The van der Waals surface area contributed by atoms with Gasteiger partial charge in [-0.25, -0.2) is 4.39 Å². The molecule has 0 fully saturated rings. The van der Waals surface area contributed by atoms with Crippen molar-refractivity contribution in [2.45, 2.75) is 6.54 Å². The number of hydrogen-bond acceptors (Lipinski definition) is 5. The lowest BCUT2D eigenvalue weighted by Gasteiger charge is -2.04. The molecule has 0 saturated heterocycles. The van der Waals surface area contributed by atoms with E-state index in [2.05, 4.69) is 20.6 Å². The van der Waals surface area contributed by atoms with Crippen LogP contribution >= 0.6 is 22.9 Å². The quantitative estimate of drug-likeness (QED) is 0.581. The van der Waals surface area contributed by atoms with Gasteiger partial charge in [0.15, 0.2) is 11.5 Å². The summed E-state index contributed by atoms with van der Waals surface area (Å²) >= 11 is 7.05. The molecule has 6 nitrogen and oxygen atoms in total. The first-order valence-corrected chi connectivity index (χ1v) is 8.80. The molecule has 26 heavy (non-hydrogen) atoms. The molecule has 0 aliphatic rings. The number of rotatable bonds is 4. The maximum Gasteiger partial charge on any atom is 0.261 e. The average Bonchev–Trinajstić information content (AvgIpc) is 3.26. The molecule has 1 N–H and O–H groups in total. The maximum atomic E-state index is 13.1. The number of nitrogens with zero attached hydrogens (tertiary/aromatic N) is 4. The molecule has 0 atom stereocenters. The van der Waals surface area contributed by atoms with Crippen molar-refractivity contribution in [3.05, 3.63) is 69.4 Å². The van der Waals surface area contributed by atoms with Crippen molar-refractivity contribution in [2.24, 2.45) is 0 Å². The minimum Gasteiger partial charge on any atom is -0.344 e. The third kappa shape index (κ3) is 3.29. The molecule has 0 spiro atoms. The van der Waals surface area contributed by atoms with Crippen LogP contribution in [0.15, 0.2) is 48.5 Å². The first kappa shape index (κ1) is 16.6. The highest BCUT2D eigenvalue weighted by Gasteiger charge is 2.12. The van der Waals surface area contributed by atoms with E-state index in [1.54, 1.807) is 40.9 Å². The fraction of sp³-hybridized carbons (Fsp3) is 0.0588. The van der Waals surface area contributed by atoms with Crippen LogP contribution < -0.4 is 5.32 Å². The molecule has 1 aromatic carbocycles. The van der Waals surface area contributed by atoms with Crippen molar-refractivity contribution in [3.63, 3.8) is 0 Å². The number of carbonyl (C=O) groups is 1. The summed E-state index contributed by atoms with van der Waals surface area (Å²) < 4.78 is 15.2. The lowest BCUT2D eigenvalue weighted by molar-refractivity contribution is 0.0953. The van der Waals surface area contributed by atoms with Gasteiger partial charge in [-0.05, 0) is 48.5 Å². The first-order chi connectivity index (χ1) is 12.6. The van der Waals surface area contributed by atoms with E-state index >= 15 is 0 Å². The Morgan fingerprint density at radius 1 is 1.12 bits per heavy atom. The molecular weight excluding hydrogens is 377 g/mol. The standard InChI is InChI=1S/C17H11ClFN5OS/c18-14-7-6-13(26-14)17(25)20-9-16-22-21-15-8-5-12(23-24(15)16)10-1-3-11(19)4-2-10/h1-8H,9H2,(H,20,25). The largest absolute Gasteiger partial charge is 0.344 e. The smallest absolute Gasteiger partial charge is 0.261 e. The lowest BCUT2D eigenvalue weighted by atomic mass is 10.1. The summed E-state index contributed by atoms with van der Waals surface area (Å²) in [6.07, 6.45) is 0. The molecule has 0 aliphatic carbocycles. The highest BCUT2D eigenvalue weighted by atomic mass is 35.5. The molecule has 0 saturated carbocycles. The Bertz CT molecular complexity index is 1090. The third-order valence-corrected chi connectivity index (χ3v) is 4.90. The van der Waals surface area contributed by atoms with Gasteiger partial charge in [-0.1, -0.05) is 11.6 Å². The van der Waals surface area contributed by atoms with E-state index in [1.165, 1.54) is 23.5 Å². The van der Waals surface area contributed by atoms with Crippen LogP contribution in [0.1, 0.15) is 15.5 Å². The number of halogens is 2. The summed E-state index contributed by atoms with van der Waals surface area (Å²) in [6, 6.07) is 12.9. The maximum absolute atomic E-state index is 13.1. The van der Waals surface area contributed by atoms with Gasteiger partial charge in [0, 0.05) is 5.56 Å². The number of hydrogen-bond donors (Lipinski definition) is 1. The topological polar surface area (TPSA) is 72.2 Å². The fourth-order valence-electron chi connectivity index (χ4n) is 2.40. The monoisotopic (exact) mass is 387 g/mol. The second-order valence-corrected chi connectivity index (χ2v) is 7.11. The van der Waals surface area contributed by atoms with Crippen LogP contribution in [-0.2, 0) is 6.54 Å². The Morgan fingerprint density at radius 2 is 1.92 bits per heavy atom. The Balaban J connectivity index is 1.58. The van der Waals surface area contributed by atoms with Crippen LogP contribution in [0, 0.1) is 5.82 Å².